The quantitative estimate of drug-likeness (QED) is 0.800. The van der Waals surface area contributed by atoms with Crippen LogP contribution in [-0.2, 0) is 6.54 Å². The van der Waals surface area contributed by atoms with E-state index in [1.54, 1.807) is 17.4 Å². The first-order valence-electron chi connectivity index (χ1n) is 6.48. The molecule has 0 spiro atoms. The molecule has 108 valence electrons. The van der Waals surface area contributed by atoms with Crippen molar-refractivity contribution in [1.29, 1.82) is 0 Å². The fourth-order valence-corrected chi connectivity index (χ4v) is 3.24. The number of hydrogen-bond donors (Lipinski definition) is 1. The van der Waals surface area contributed by atoms with Crippen molar-refractivity contribution < 1.29 is 4.39 Å². The van der Waals surface area contributed by atoms with Gasteiger partial charge in [-0.25, -0.2) is 4.39 Å². The number of anilines is 2. The Morgan fingerprint density at radius 2 is 2.05 bits per heavy atom. The zero-order valence-electron chi connectivity index (χ0n) is 11.8. The second-order valence-corrected chi connectivity index (χ2v) is 7.48. The number of halogens is 2. The van der Waals surface area contributed by atoms with Crippen LogP contribution < -0.4 is 10.2 Å². The van der Waals surface area contributed by atoms with Crippen LogP contribution in [-0.4, -0.2) is 13.1 Å². The average Bonchev–Trinajstić information content (AvgIpc) is 2.81. The molecule has 0 aliphatic rings. The van der Waals surface area contributed by atoms with Crippen LogP contribution in [0.15, 0.2) is 34.1 Å². The summed E-state index contributed by atoms with van der Waals surface area (Å²) in [5.74, 6) is -0.196. The minimum Gasteiger partial charge on any atom is -0.380 e. The van der Waals surface area contributed by atoms with Gasteiger partial charge in [-0.2, -0.15) is 0 Å². The van der Waals surface area contributed by atoms with Crippen LogP contribution in [0.4, 0.5) is 15.8 Å². The van der Waals surface area contributed by atoms with Gasteiger partial charge in [-0.05, 0) is 60.1 Å². The summed E-state index contributed by atoms with van der Waals surface area (Å²) in [6.07, 6.45) is 0. The SMILES string of the molecule is CC(C)N(C)c1ccc(NCc2ccc(Br)s2)cc1F. The normalized spacial score (nSPS) is 10.9. The fourth-order valence-electron chi connectivity index (χ4n) is 1.82. The molecule has 0 fully saturated rings. The summed E-state index contributed by atoms with van der Waals surface area (Å²) in [6, 6.07) is 9.63. The Morgan fingerprint density at radius 3 is 2.60 bits per heavy atom. The van der Waals surface area contributed by atoms with Crippen molar-refractivity contribution in [2.45, 2.75) is 26.4 Å². The Labute approximate surface area is 131 Å². The van der Waals surface area contributed by atoms with Crippen LogP contribution in [0.5, 0.6) is 0 Å². The van der Waals surface area contributed by atoms with Crippen molar-refractivity contribution in [1.82, 2.24) is 0 Å². The Morgan fingerprint density at radius 1 is 1.30 bits per heavy atom. The summed E-state index contributed by atoms with van der Waals surface area (Å²) in [6.45, 7) is 4.79. The summed E-state index contributed by atoms with van der Waals surface area (Å²) in [7, 11) is 1.90. The lowest BCUT2D eigenvalue weighted by Gasteiger charge is -2.24. The molecule has 0 aliphatic carbocycles. The molecule has 0 amide bonds. The van der Waals surface area contributed by atoms with Gasteiger partial charge in [-0.15, -0.1) is 11.3 Å². The molecular weight excluding hydrogens is 339 g/mol. The van der Waals surface area contributed by atoms with E-state index < -0.39 is 0 Å². The fraction of sp³-hybridized carbons (Fsp3) is 0.333. The summed E-state index contributed by atoms with van der Waals surface area (Å²) < 4.78 is 15.2. The lowest BCUT2D eigenvalue weighted by Crippen LogP contribution is -2.26. The van der Waals surface area contributed by atoms with Crippen molar-refractivity contribution in [3.63, 3.8) is 0 Å². The van der Waals surface area contributed by atoms with E-state index in [9.17, 15) is 4.39 Å². The van der Waals surface area contributed by atoms with Crippen molar-refractivity contribution in [2.24, 2.45) is 0 Å². The highest BCUT2D eigenvalue weighted by atomic mass is 79.9. The van der Waals surface area contributed by atoms with E-state index in [2.05, 4.69) is 27.3 Å². The number of rotatable bonds is 5. The van der Waals surface area contributed by atoms with E-state index in [0.717, 1.165) is 9.47 Å². The first-order chi connectivity index (χ1) is 9.47. The average molecular weight is 357 g/mol. The Kier molecular flexibility index (Phi) is 5.05. The molecule has 1 aromatic heterocycles. The van der Waals surface area contributed by atoms with Crippen molar-refractivity contribution >= 4 is 38.6 Å². The monoisotopic (exact) mass is 356 g/mol. The molecule has 0 saturated heterocycles. The van der Waals surface area contributed by atoms with Gasteiger partial charge >= 0.3 is 0 Å². The van der Waals surface area contributed by atoms with E-state index in [4.69, 9.17) is 0 Å². The molecule has 0 unspecified atom stereocenters. The predicted octanol–water partition coefficient (Wildman–Crippen LogP) is 5.11. The van der Waals surface area contributed by atoms with Gasteiger partial charge in [0.25, 0.3) is 0 Å². The van der Waals surface area contributed by atoms with Gasteiger partial charge < -0.3 is 10.2 Å². The molecule has 0 bridgehead atoms. The van der Waals surface area contributed by atoms with Gasteiger partial charge in [-0.3, -0.25) is 0 Å². The van der Waals surface area contributed by atoms with Gasteiger partial charge in [0.2, 0.25) is 0 Å². The maximum Gasteiger partial charge on any atom is 0.148 e. The van der Waals surface area contributed by atoms with Gasteiger partial charge in [0, 0.05) is 30.2 Å². The smallest absolute Gasteiger partial charge is 0.148 e. The highest BCUT2D eigenvalue weighted by Crippen LogP contribution is 2.25. The maximum atomic E-state index is 14.1. The van der Waals surface area contributed by atoms with Crippen LogP contribution >= 0.6 is 27.3 Å². The summed E-state index contributed by atoms with van der Waals surface area (Å²) >= 11 is 5.11. The lowest BCUT2D eigenvalue weighted by molar-refractivity contribution is 0.614. The molecule has 5 heteroatoms. The molecule has 2 rings (SSSR count). The van der Waals surface area contributed by atoms with E-state index in [1.807, 2.05) is 44.0 Å². The summed E-state index contributed by atoms with van der Waals surface area (Å²) in [5.41, 5.74) is 1.43. The number of hydrogen-bond acceptors (Lipinski definition) is 3. The van der Waals surface area contributed by atoms with Gasteiger partial charge in [0.1, 0.15) is 5.82 Å². The van der Waals surface area contributed by atoms with E-state index >= 15 is 0 Å². The lowest BCUT2D eigenvalue weighted by atomic mass is 10.2. The Balaban J connectivity index is 2.05. The van der Waals surface area contributed by atoms with Crippen LogP contribution in [0.3, 0.4) is 0 Å². The molecule has 2 nitrogen and oxygen atoms in total. The highest BCUT2D eigenvalue weighted by molar-refractivity contribution is 9.11. The van der Waals surface area contributed by atoms with E-state index in [0.29, 0.717) is 12.2 Å². The molecular formula is C15H18BrFN2S. The van der Waals surface area contributed by atoms with E-state index in [1.165, 1.54) is 4.88 Å². The minimum absolute atomic E-state index is 0.196. The Hall–Kier alpha value is -1.07. The number of benzene rings is 1. The second-order valence-electron chi connectivity index (χ2n) is 4.93. The second kappa shape index (κ2) is 6.59. The van der Waals surface area contributed by atoms with Crippen LogP contribution in [0.1, 0.15) is 18.7 Å². The minimum atomic E-state index is -0.196. The number of nitrogens with zero attached hydrogens (tertiary/aromatic N) is 1. The van der Waals surface area contributed by atoms with Crippen molar-refractivity contribution in [3.8, 4) is 0 Å². The third-order valence-electron chi connectivity index (χ3n) is 3.20. The van der Waals surface area contributed by atoms with Gasteiger partial charge in [0.05, 0.1) is 9.47 Å². The third-order valence-corrected chi connectivity index (χ3v) is 4.82. The van der Waals surface area contributed by atoms with Gasteiger partial charge in [0.15, 0.2) is 0 Å². The molecule has 1 aromatic carbocycles. The molecule has 0 atom stereocenters. The predicted molar refractivity (Wildman–Crippen MR) is 89.3 cm³/mol. The summed E-state index contributed by atoms with van der Waals surface area (Å²) in [4.78, 5) is 3.14. The third kappa shape index (κ3) is 3.73. The van der Waals surface area contributed by atoms with Crippen LogP contribution in [0, 0.1) is 5.82 Å². The molecule has 1 heterocycles. The van der Waals surface area contributed by atoms with Crippen LogP contribution in [0.25, 0.3) is 0 Å². The number of nitrogens with one attached hydrogen (secondary N) is 1. The first kappa shape index (κ1) is 15.3. The van der Waals surface area contributed by atoms with Gasteiger partial charge in [-0.1, -0.05) is 0 Å². The molecule has 2 aromatic rings. The Bertz CT molecular complexity index is 583. The molecule has 0 radical (unpaired) electrons. The topological polar surface area (TPSA) is 15.3 Å². The van der Waals surface area contributed by atoms with Crippen molar-refractivity contribution in [3.05, 3.63) is 44.8 Å². The van der Waals surface area contributed by atoms with E-state index in [-0.39, 0.29) is 11.9 Å². The van der Waals surface area contributed by atoms with Crippen molar-refractivity contribution in [2.75, 3.05) is 17.3 Å². The highest BCUT2D eigenvalue weighted by Gasteiger charge is 2.11. The standard InChI is InChI=1S/C15H18BrFN2S/c1-10(2)19(3)14-6-4-11(8-13(14)17)18-9-12-5-7-15(16)20-12/h4-8,10,18H,9H2,1-3H3. The molecule has 0 saturated carbocycles. The number of thiophene rings is 1. The first-order valence-corrected chi connectivity index (χ1v) is 8.09. The molecule has 0 aliphatic heterocycles. The largest absolute Gasteiger partial charge is 0.380 e. The summed E-state index contributed by atoms with van der Waals surface area (Å²) in [5, 5.41) is 3.24. The molecule has 20 heavy (non-hydrogen) atoms. The zero-order chi connectivity index (χ0) is 14.7. The maximum absolute atomic E-state index is 14.1. The molecule has 1 N–H and O–H groups in total. The van der Waals surface area contributed by atoms with Crippen LogP contribution in [0.2, 0.25) is 0 Å². The zero-order valence-corrected chi connectivity index (χ0v) is 14.2.